The highest BCUT2D eigenvalue weighted by atomic mass is 16.2. The zero-order valence-electron chi connectivity index (χ0n) is 26.7. The summed E-state index contributed by atoms with van der Waals surface area (Å²) in [5, 5.41) is 6.36. The van der Waals surface area contributed by atoms with Crippen molar-refractivity contribution in [3.05, 3.63) is 64.2 Å². The van der Waals surface area contributed by atoms with Crippen LogP contribution in [0.3, 0.4) is 0 Å². The standard InChI is InChI=1S/C34H54N4O2/c1-9-37(10-2,25-21-31(39)36-33-29(7)19-16-20-30(33)8)23-13-14-24-38(11-3,12-4)26-22-35-34(40)32-27(5)17-15-18-28(32)6/h15-20H,9-14,21-26H2,1-8H3/p+2. The summed E-state index contributed by atoms with van der Waals surface area (Å²) in [7, 11) is 0. The Hall–Kier alpha value is -2.70. The second-order valence-electron chi connectivity index (χ2n) is 11.6. The van der Waals surface area contributed by atoms with Crippen molar-refractivity contribution < 1.29 is 18.6 Å². The second kappa shape index (κ2) is 15.9. The lowest BCUT2D eigenvalue weighted by Gasteiger charge is -2.39. The maximum absolute atomic E-state index is 12.9. The lowest BCUT2D eigenvalue weighted by Crippen LogP contribution is -2.53. The van der Waals surface area contributed by atoms with E-state index in [4.69, 9.17) is 0 Å². The van der Waals surface area contributed by atoms with Crippen LogP contribution >= 0.6 is 0 Å². The average molecular weight is 553 g/mol. The molecule has 2 rings (SSSR count). The van der Waals surface area contributed by atoms with Crippen LogP contribution in [0, 0.1) is 27.7 Å². The maximum atomic E-state index is 12.9. The Morgan fingerprint density at radius 3 is 1.57 bits per heavy atom. The molecule has 0 aromatic heterocycles. The van der Waals surface area contributed by atoms with Gasteiger partial charge in [0.1, 0.15) is 0 Å². The summed E-state index contributed by atoms with van der Waals surface area (Å²) in [5.41, 5.74) is 6.04. The summed E-state index contributed by atoms with van der Waals surface area (Å²) in [6.45, 7) is 26.1. The molecule has 0 bridgehead atoms. The SMILES string of the molecule is CC[N+](CC)(CCCC[N+](CC)(CC)CCC(=O)Nc1c(C)cccc1C)CCNC(=O)c1c(C)cccc1C. The maximum Gasteiger partial charge on any atom is 0.252 e. The fourth-order valence-electron chi connectivity index (χ4n) is 6.05. The van der Waals surface area contributed by atoms with Gasteiger partial charge in [-0.25, -0.2) is 0 Å². The molecular formula is C34H56N4O2+2. The smallest absolute Gasteiger partial charge is 0.252 e. The van der Waals surface area contributed by atoms with Gasteiger partial charge in [0.15, 0.2) is 0 Å². The number of carbonyl (C=O) groups is 2. The lowest BCUT2D eigenvalue weighted by atomic mass is 10.0. The highest BCUT2D eigenvalue weighted by Gasteiger charge is 2.27. The van der Waals surface area contributed by atoms with E-state index < -0.39 is 0 Å². The Kier molecular flexibility index (Phi) is 13.3. The fraction of sp³-hybridized carbons (Fsp3) is 0.588. The topological polar surface area (TPSA) is 58.2 Å². The quantitative estimate of drug-likeness (QED) is 0.182. The van der Waals surface area contributed by atoms with Crippen molar-refractivity contribution in [2.75, 3.05) is 64.2 Å². The van der Waals surface area contributed by atoms with E-state index in [2.05, 4.69) is 38.3 Å². The van der Waals surface area contributed by atoms with Gasteiger partial charge in [-0.2, -0.15) is 0 Å². The van der Waals surface area contributed by atoms with Crippen LogP contribution in [-0.4, -0.2) is 79.7 Å². The Morgan fingerprint density at radius 1 is 0.650 bits per heavy atom. The van der Waals surface area contributed by atoms with Crippen LogP contribution in [-0.2, 0) is 4.79 Å². The highest BCUT2D eigenvalue weighted by molar-refractivity contribution is 5.97. The molecular weight excluding hydrogens is 496 g/mol. The number of nitrogens with zero attached hydrogens (tertiary/aromatic N) is 2. The number of unbranched alkanes of at least 4 members (excludes halogenated alkanes) is 1. The molecule has 0 unspecified atom stereocenters. The van der Waals surface area contributed by atoms with Crippen molar-refractivity contribution in [1.82, 2.24) is 5.32 Å². The molecule has 2 amide bonds. The molecule has 0 radical (unpaired) electrons. The third-order valence-electron chi connectivity index (χ3n) is 9.34. The first-order valence-corrected chi connectivity index (χ1v) is 15.5. The molecule has 0 spiro atoms. The van der Waals surface area contributed by atoms with E-state index in [-0.39, 0.29) is 11.8 Å². The van der Waals surface area contributed by atoms with Gasteiger partial charge in [-0.1, -0.05) is 36.4 Å². The van der Waals surface area contributed by atoms with Gasteiger partial charge in [0.05, 0.1) is 65.3 Å². The first-order chi connectivity index (χ1) is 19.1. The van der Waals surface area contributed by atoms with Crippen LogP contribution in [0.4, 0.5) is 5.69 Å². The number of benzene rings is 2. The molecule has 222 valence electrons. The van der Waals surface area contributed by atoms with Gasteiger partial charge < -0.3 is 19.6 Å². The van der Waals surface area contributed by atoms with Crippen molar-refractivity contribution in [1.29, 1.82) is 0 Å². The van der Waals surface area contributed by atoms with Gasteiger partial charge in [0.25, 0.3) is 5.91 Å². The van der Waals surface area contributed by atoms with E-state index in [0.717, 1.165) is 108 Å². The third kappa shape index (κ3) is 9.17. The first kappa shape index (κ1) is 33.5. The molecule has 0 heterocycles. The van der Waals surface area contributed by atoms with E-state index in [1.807, 2.05) is 64.1 Å². The van der Waals surface area contributed by atoms with E-state index in [0.29, 0.717) is 13.0 Å². The largest absolute Gasteiger partial charge is 0.346 e. The van der Waals surface area contributed by atoms with Crippen molar-refractivity contribution >= 4 is 17.5 Å². The van der Waals surface area contributed by atoms with E-state index >= 15 is 0 Å². The van der Waals surface area contributed by atoms with Gasteiger partial charge in [0, 0.05) is 24.1 Å². The van der Waals surface area contributed by atoms with Crippen molar-refractivity contribution in [3.63, 3.8) is 0 Å². The number of likely N-dealkylation sites (N-methyl/N-ethyl adjacent to an activating group) is 1. The second-order valence-corrected chi connectivity index (χ2v) is 11.6. The van der Waals surface area contributed by atoms with E-state index in [1.54, 1.807) is 0 Å². The van der Waals surface area contributed by atoms with Gasteiger partial charge in [0.2, 0.25) is 5.91 Å². The van der Waals surface area contributed by atoms with Crippen LogP contribution in [0.25, 0.3) is 0 Å². The van der Waals surface area contributed by atoms with E-state index in [1.165, 1.54) is 0 Å². The Balaban J connectivity index is 1.87. The number of hydrogen-bond donors (Lipinski definition) is 2. The highest BCUT2D eigenvalue weighted by Crippen LogP contribution is 2.20. The van der Waals surface area contributed by atoms with Crippen LogP contribution < -0.4 is 10.6 Å². The monoisotopic (exact) mass is 552 g/mol. The summed E-state index contributed by atoms with van der Waals surface area (Å²) in [4.78, 5) is 25.7. The summed E-state index contributed by atoms with van der Waals surface area (Å²) < 4.78 is 1.99. The number of amides is 2. The lowest BCUT2D eigenvalue weighted by molar-refractivity contribution is -0.930. The number of hydrogen-bond acceptors (Lipinski definition) is 2. The summed E-state index contributed by atoms with van der Waals surface area (Å²) >= 11 is 0. The summed E-state index contributed by atoms with van der Waals surface area (Å²) in [6, 6.07) is 12.1. The number of rotatable bonds is 17. The Bertz CT molecular complexity index is 1060. The minimum atomic E-state index is 0.0375. The normalized spacial score (nSPS) is 11.9. The zero-order chi connectivity index (χ0) is 29.8. The van der Waals surface area contributed by atoms with Gasteiger partial charge in [-0.05, 0) is 77.6 Å². The van der Waals surface area contributed by atoms with Gasteiger partial charge in [-0.15, -0.1) is 0 Å². The van der Waals surface area contributed by atoms with Gasteiger partial charge in [-0.3, -0.25) is 9.59 Å². The van der Waals surface area contributed by atoms with Crippen LogP contribution in [0.1, 0.15) is 79.6 Å². The van der Waals surface area contributed by atoms with Crippen LogP contribution in [0.15, 0.2) is 36.4 Å². The minimum Gasteiger partial charge on any atom is -0.346 e. The van der Waals surface area contributed by atoms with Crippen molar-refractivity contribution in [2.24, 2.45) is 0 Å². The number of quaternary nitrogens is 2. The number of anilines is 1. The minimum absolute atomic E-state index is 0.0375. The van der Waals surface area contributed by atoms with Gasteiger partial charge >= 0.3 is 0 Å². The molecule has 2 aromatic rings. The predicted molar refractivity (Wildman–Crippen MR) is 169 cm³/mol. The molecule has 0 fully saturated rings. The van der Waals surface area contributed by atoms with E-state index in [9.17, 15) is 9.59 Å². The van der Waals surface area contributed by atoms with Crippen molar-refractivity contribution in [3.8, 4) is 0 Å². The summed E-state index contributed by atoms with van der Waals surface area (Å²) in [6.07, 6.45) is 2.84. The molecule has 6 nitrogen and oxygen atoms in total. The molecule has 2 N–H and O–H groups in total. The first-order valence-electron chi connectivity index (χ1n) is 15.5. The number of carbonyl (C=O) groups excluding carboxylic acids is 2. The molecule has 0 aliphatic carbocycles. The molecule has 0 atom stereocenters. The molecule has 0 saturated carbocycles. The Morgan fingerprint density at radius 2 is 1.10 bits per heavy atom. The molecule has 0 aliphatic rings. The predicted octanol–water partition coefficient (Wildman–Crippen LogP) is 6.17. The van der Waals surface area contributed by atoms with Crippen LogP contribution in [0.2, 0.25) is 0 Å². The van der Waals surface area contributed by atoms with Crippen molar-refractivity contribution in [2.45, 2.75) is 74.7 Å². The number of nitrogens with one attached hydrogen (secondary N) is 2. The molecule has 40 heavy (non-hydrogen) atoms. The average Bonchev–Trinajstić information content (AvgIpc) is 2.94. The fourth-order valence-corrected chi connectivity index (χ4v) is 6.05. The summed E-state index contributed by atoms with van der Waals surface area (Å²) in [5.74, 6) is 0.146. The third-order valence-corrected chi connectivity index (χ3v) is 9.34. The number of para-hydroxylation sites is 1. The molecule has 0 saturated heterocycles. The number of aryl methyl sites for hydroxylation is 4. The Labute approximate surface area is 244 Å². The van der Waals surface area contributed by atoms with Crippen LogP contribution in [0.5, 0.6) is 0 Å². The molecule has 0 aliphatic heterocycles. The zero-order valence-corrected chi connectivity index (χ0v) is 26.7. The molecule has 6 heteroatoms. The molecule has 2 aromatic carbocycles.